The molecular weight excluding hydrogens is 356 g/mol. The van der Waals surface area contributed by atoms with Gasteiger partial charge in [-0.05, 0) is 30.3 Å². The van der Waals surface area contributed by atoms with Crippen LogP contribution < -0.4 is 19.3 Å². The Bertz CT molecular complexity index is 1070. The third-order valence-corrected chi connectivity index (χ3v) is 5.05. The quantitative estimate of drug-likeness (QED) is 0.651. The van der Waals surface area contributed by atoms with Gasteiger partial charge in [0.1, 0.15) is 0 Å². The SMILES string of the molecule is CN1CCN(C(=O)c2ccc3c(c2)OCCCO3)c2nc3ccccc3nc21. The van der Waals surface area contributed by atoms with Gasteiger partial charge in [-0.25, -0.2) is 9.97 Å². The van der Waals surface area contributed by atoms with E-state index in [1.807, 2.05) is 36.2 Å². The lowest BCUT2D eigenvalue weighted by molar-refractivity contribution is 0.0985. The van der Waals surface area contributed by atoms with Gasteiger partial charge in [0, 0.05) is 32.1 Å². The summed E-state index contributed by atoms with van der Waals surface area (Å²) in [4.78, 5) is 26.5. The minimum absolute atomic E-state index is 0.116. The van der Waals surface area contributed by atoms with Crippen molar-refractivity contribution in [1.82, 2.24) is 9.97 Å². The molecule has 0 aliphatic carbocycles. The van der Waals surface area contributed by atoms with E-state index in [9.17, 15) is 4.79 Å². The Hall–Kier alpha value is -3.35. The molecule has 2 aliphatic rings. The van der Waals surface area contributed by atoms with Crippen molar-refractivity contribution in [3.05, 3.63) is 48.0 Å². The van der Waals surface area contributed by atoms with E-state index < -0.39 is 0 Å². The zero-order valence-electron chi connectivity index (χ0n) is 15.6. The Labute approximate surface area is 162 Å². The first-order chi connectivity index (χ1) is 13.7. The third-order valence-electron chi connectivity index (χ3n) is 5.05. The second-order valence-electron chi connectivity index (χ2n) is 6.95. The molecule has 5 rings (SSSR count). The Morgan fingerprint density at radius 2 is 1.64 bits per heavy atom. The highest BCUT2D eigenvalue weighted by Crippen LogP contribution is 2.34. The van der Waals surface area contributed by atoms with E-state index in [0.717, 1.165) is 17.5 Å². The predicted molar refractivity (Wildman–Crippen MR) is 107 cm³/mol. The van der Waals surface area contributed by atoms with Gasteiger partial charge in [0.25, 0.3) is 5.91 Å². The van der Waals surface area contributed by atoms with Crippen molar-refractivity contribution in [2.45, 2.75) is 6.42 Å². The fourth-order valence-corrected chi connectivity index (χ4v) is 3.53. The van der Waals surface area contributed by atoms with Crippen LogP contribution >= 0.6 is 0 Å². The molecule has 0 saturated carbocycles. The van der Waals surface area contributed by atoms with Crippen molar-refractivity contribution in [2.24, 2.45) is 0 Å². The van der Waals surface area contributed by atoms with Gasteiger partial charge in [0.2, 0.25) is 0 Å². The molecule has 3 aromatic rings. The number of para-hydroxylation sites is 2. The molecule has 3 heterocycles. The normalized spacial score (nSPS) is 15.9. The minimum Gasteiger partial charge on any atom is -0.490 e. The summed E-state index contributed by atoms with van der Waals surface area (Å²) in [5, 5.41) is 0. The molecule has 28 heavy (non-hydrogen) atoms. The van der Waals surface area contributed by atoms with Crippen LogP contribution in [0.25, 0.3) is 11.0 Å². The molecule has 0 fully saturated rings. The highest BCUT2D eigenvalue weighted by molar-refractivity contribution is 6.08. The molecule has 0 radical (unpaired) electrons. The first kappa shape index (κ1) is 16.8. The summed E-state index contributed by atoms with van der Waals surface area (Å²) >= 11 is 0. The lowest BCUT2D eigenvalue weighted by Crippen LogP contribution is -2.43. The number of anilines is 2. The molecular formula is C21H20N4O3. The van der Waals surface area contributed by atoms with Gasteiger partial charge in [-0.15, -0.1) is 0 Å². The standard InChI is InChI=1S/C21H20N4O3/c1-24-9-10-25(20-19(24)22-15-5-2-3-6-16(15)23-20)21(26)14-7-8-17-18(13-14)28-12-4-11-27-17/h2-3,5-8,13H,4,9-12H2,1H3. The molecule has 0 N–H and O–H groups in total. The topological polar surface area (TPSA) is 67.8 Å². The number of amides is 1. The molecule has 142 valence electrons. The summed E-state index contributed by atoms with van der Waals surface area (Å²) in [6, 6.07) is 13.0. The second kappa shape index (κ2) is 6.67. The Morgan fingerprint density at radius 1 is 0.929 bits per heavy atom. The largest absolute Gasteiger partial charge is 0.490 e. The summed E-state index contributed by atoms with van der Waals surface area (Å²) in [6.45, 7) is 2.44. The number of likely N-dealkylation sites (N-methyl/N-ethyl adjacent to an activating group) is 1. The fraction of sp³-hybridized carbons (Fsp3) is 0.286. The van der Waals surface area contributed by atoms with Gasteiger partial charge in [-0.3, -0.25) is 9.69 Å². The first-order valence-corrected chi connectivity index (χ1v) is 9.40. The maximum absolute atomic E-state index is 13.3. The monoisotopic (exact) mass is 376 g/mol. The maximum atomic E-state index is 13.3. The van der Waals surface area contributed by atoms with Gasteiger partial charge in [0.05, 0.1) is 24.2 Å². The number of hydrogen-bond donors (Lipinski definition) is 0. The van der Waals surface area contributed by atoms with Crippen molar-refractivity contribution in [2.75, 3.05) is 43.2 Å². The van der Waals surface area contributed by atoms with E-state index >= 15 is 0 Å². The smallest absolute Gasteiger partial charge is 0.259 e. The molecule has 0 atom stereocenters. The van der Waals surface area contributed by atoms with E-state index in [1.54, 1.807) is 23.1 Å². The lowest BCUT2D eigenvalue weighted by Gasteiger charge is -2.33. The van der Waals surface area contributed by atoms with Crippen LogP contribution in [-0.4, -0.2) is 49.2 Å². The number of carbonyl (C=O) groups is 1. The zero-order valence-corrected chi connectivity index (χ0v) is 15.6. The number of carbonyl (C=O) groups excluding carboxylic acids is 1. The van der Waals surface area contributed by atoms with Crippen molar-refractivity contribution in [3.8, 4) is 11.5 Å². The number of ether oxygens (including phenoxy) is 2. The fourth-order valence-electron chi connectivity index (χ4n) is 3.53. The van der Waals surface area contributed by atoms with Crippen molar-refractivity contribution >= 4 is 28.6 Å². The summed E-state index contributed by atoms with van der Waals surface area (Å²) < 4.78 is 11.4. The summed E-state index contributed by atoms with van der Waals surface area (Å²) in [5.74, 6) is 2.48. The van der Waals surface area contributed by atoms with Crippen LogP contribution in [0.3, 0.4) is 0 Å². The number of nitrogens with zero attached hydrogens (tertiary/aromatic N) is 4. The van der Waals surface area contributed by atoms with Crippen LogP contribution in [0.4, 0.5) is 11.6 Å². The molecule has 7 nitrogen and oxygen atoms in total. The molecule has 0 bridgehead atoms. The van der Waals surface area contributed by atoms with E-state index in [-0.39, 0.29) is 5.91 Å². The Balaban J connectivity index is 1.55. The number of benzene rings is 2. The Kier molecular flexibility index (Phi) is 4.00. The zero-order chi connectivity index (χ0) is 19.1. The van der Waals surface area contributed by atoms with E-state index in [2.05, 4.69) is 0 Å². The van der Waals surface area contributed by atoms with Gasteiger partial charge in [-0.1, -0.05) is 12.1 Å². The van der Waals surface area contributed by atoms with Crippen LogP contribution in [0.5, 0.6) is 11.5 Å². The highest BCUT2D eigenvalue weighted by atomic mass is 16.5. The summed E-state index contributed by atoms with van der Waals surface area (Å²) in [5.41, 5.74) is 2.14. The van der Waals surface area contributed by atoms with Crippen LogP contribution in [-0.2, 0) is 0 Å². The molecule has 1 aromatic heterocycles. The van der Waals surface area contributed by atoms with Crippen molar-refractivity contribution < 1.29 is 14.3 Å². The highest BCUT2D eigenvalue weighted by Gasteiger charge is 2.29. The average Bonchev–Trinajstić information content (AvgIpc) is 2.97. The van der Waals surface area contributed by atoms with Crippen LogP contribution in [0.1, 0.15) is 16.8 Å². The lowest BCUT2D eigenvalue weighted by atomic mass is 10.1. The molecule has 0 saturated heterocycles. The third kappa shape index (κ3) is 2.79. The van der Waals surface area contributed by atoms with Gasteiger partial charge < -0.3 is 14.4 Å². The van der Waals surface area contributed by atoms with Gasteiger partial charge >= 0.3 is 0 Å². The molecule has 0 unspecified atom stereocenters. The maximum Gasteiger partial charge on any atom is 0.259 e. The summed E-state index contributed by atoms with van der Waals surface area (Å²) in [7, 11) is 1.97. The number of fused-ring (bicyclic) bond motifs is 3. The molecule has 7 heteroatoms. The van der Waals surface area contributed by atoms with E-state index in [0.29, 0.717) is 55.0 Å². The number of aromatic nitrogens is 2. The van der Waals surface area contributed by atoms with Crippen LogP contribution in [0, 0.1) is 0 Å². The van der Waals surface area contributed by atoms with E-state index in [4.69, 9.17) is 19.4 Å². The number of rotatable bonds is 1. The molecule has 2 aromatic carbocycles. The van der Waals surface area contributed by atoms with Gasteiger partial charge in [0.15, 0.2) is 23.1 Å². The van der Waals surface area contributed by atoms with Gasteiger partial charge in [-0.2, -0.15) is 0 Å². The minimum atomic E-state index is -0.116. The molecule has 2 aliphatic heterocycles. The predicted octanol–water partition coefficient (Wildman–Crippen LogP) is 2.89. The second-order valence-corrected chi connectivity index (χ2v) is 6.95. The number of hydrogen-bond acceptors (Lipinski definition) is 6. The summed E-state index contributed by atoms with van der Waals surface area (Å²) in [6.07, 6.45) is 0.826. The van der Waals surface area contributed by atoms with Crippen LogP contribution in [0.2, 0.25) is 0 Å². The van der Waals surface area contributed by atoms with Crippen molar-refractivity contribution in [3.63, 3.8) is 0 Å². The molecule has 1 amide bonds. The first-order valence-electron chi connectivity index (χ1n) is 9.40. The van der Waals surface area contributed by atoms with Crippen molar-refractivity contribution in [1.29, 1.82) is 0 Å². The Morgan fingerprint density at radius 3 is 2.43 bits per heavy atom. The van der Waals surface area contributed by atoms with E-state index in [1.165, 1.54) is 0 Å². The average molecular weight is 376 g/mol. The van der Waals surface area contributed by atoms with Crippen LogP contribution in [0.15, 0.2) is 42.5 Å². The molecule has 0 spiro atoms.